The second kappa shape index (κ2) is 23.1. The smallest absolute Gasteiger partial charge is 0.855 e. The fourth-order valence-corrected chi connectivity index (χ4v) is 0. The number of carbonyl (C=O) groups excluding carboxylic acids is 2. The predicted octanol–water partition coefficient (Wildman–Crippen LogP) is -4.45. The zero-order valence-corrected chi connectivity index (χ0v) is 9.49. The fraction of sp³-hybridized carbons (Fsp3) is 0.250. The molecule has 15 heavy (non-hydrogen) atoms. The van der Waals surface area contributed by atoms with Crippen molar-refractivity contribution < 1.29 is 51.7 Å². The van der Waals surface area contributed by atoms with Crippen molar-refractivity contribution in [2.45, 2.75) is 0 Å². The molecule has 0 radical (unpaired) electrons. The van der Waals surface area contributed by atoms with E-state index in [1.807, 2.05) is 0 Å². The van der Waals surface area contributed by atoms with Crippen LogP contribution in [-0.2, 0) is 31.3 Å². The molecule has 0 fully saturated rings. The molecule has 0 unspecified atom stereocenters. The Labute approximate surface area is 102 Å². The van der Waals surface area contributed by atoms with Crippen LogP contribution < -0.4 is 20.4 Å². The molecule has 0 rings (SSSR count). The van der Waals surface area contributed by atoms with Gasteiger partial charge < -0.3 is 30.0 Å². The van der Waals surface area contributed by atoms with Crippen molar-refractivity contribution in [3.63, 3.8) is 0 Å². The zero-order chi connectivity index (χ0) is 12.0. The SMILES string of the molecule is C=CC(=O)[O-].C=CC(=O)[O-].[O-]CC[O-].[Ti+4]. The van der Waals surface area contributed by atoms with E-state index in [1.165, 1.54) is 0 Å². The van der Waals surface area contributed by atoms with Crippen molar-refractivity contribution >= 4 is 11.9 Å². The molecule has 0 saturated carbocycles. The first-order valence-corrected chi connectivity index (χ1v) is 3.29. The molecule has 82 valence electrons. The summed E-state index contributed by atoms with van der Waals surface area (Å²) < 4.78 is 0. The van der Waals surface area contributed by atoms with Gasteiger partial charge in [-0.25, -0.2) is 0 Å². The second-order valence-electron chi connectivity index (χ2n) is 1.45. The third-order valence-corrected chi connectivity index (χ3v) is 0.417. The van der Waals surface area contributed by atoms with Gasteiger partial charge in [0.05, 0.1) is 11.9 Å². The molecule has 0 heterocycles. The molecule has 0 amide bonds. The quantitative estimate of drug-likeness (QED) is 0.367. The van der Waals surface area contributed by atoms with Gasteiger partial charge in [-0.3, -0.25) is 0 Å². The van der Waals surface area contributed by atoms with Gasteiger partial charge in [0.1, 0.15) is 0 Å². The van der Waals surface area contributed by atoms with Gasteiger partial charge in [-0.15, -0.1) is 0 Å². The van der Waals surface area contributed by atoms with Crippen molar-refractivity contribution in [2.24, 2.45) is 0 Å². The molecule has 6 nitrogen and oxygen atoms in total. The van der Waals surface area contributed by atoms with E-state index in [0.717, 1.165) is 12.2 Å². The number of carboxylic acid groups (broad SMARTS) is 2. The summed E-state index contributed by atoms with van der Waals surface area (Å²) in [5.74, 6) is -2.46. The molecule has 0 aromatic carbocycles. The summed E-state index contributed by atoms with van der Waals surface area (Å²) in [6, 6.07) is 0. The first-order chi connectivity index (χ1) is 6.45. The topological polar surface area (TPSA) is 126 Å². The van der Waals surface area contributed by atoms with Crippen molar-refractivity contribution in [1.82, 2.24) is 0 Å². The summed E-state index contributed by atoms with van der Waals surface area (Å²) in [5, 5.41) is 36.2. The Bertz CT molecular complexity index is 160. The Morgan fingerprint density at radius 3 is 1.07 bits per heavy atom. The maximum absolute atomic E-state index is 9.14. The molecular formula is C8H10O6Ti. The monoisotopic (exact) mass is 250 g/mol. The molecule has 0 aliphatic rings. The minimum Gasteiger partial charge on any atom is -0.855 e. The van der Waals surface area contributed by atoms with Crippen molar-refractivity contribution in [3.05, 3.63) is 25.3 Å². The summed E-state index contributed by atoms with van der Waals surface area (Å²) in [4.78, 5) is 18.3. The van der Waals surface area contributed by atoms with Crippen molar-refractivity contribution in [1.29, 1.82) is 0 Å². The van der Waals surface area contributed by atoms with Crippen molar-refractivity contribution in [2.75, 3.05) is 13.2 Å². The molecule has 0 saturated heterocycles. The predicted molar refractivity (Wildman–Crippen MR) is 40.1 cm³/mol. The number of aliphatic carboxylic acids is 2. The third-order valence-electron chi connectivity index (χ3n) is 0.417. The average Bonchev–Trinajstić information content (AvgIpc) is 2.19. The number of hydrogen-bond donors (Lipinski definition) is 0. The molecule has 0 aromatic rings. The first-order valence-electron chi connectivity index (χ1n) is 3.29. The van der Waals surface area contributed by atoms with Gasteiger partial charge in [-0.1, -0.05) is 13.2 Å². The van der Waals surface area contributed by atoms with Gasteiger partial charge in [-0.05, 0) is 12.2 Å². The van der Waals surface area contributed by atoms with E-state index in [2.05, 4.69) is 13.2 Å². The maximum Gasteiger partial charge on any atom is 4.00 e. The zero-order valence-electron chi connectivity index (χ0n) is 7.93. The standard InChI is InChI=1S/2C3H4O2.C2H4O2.Ti/c2*1-2-3(4)5;3-1-2-4;/h2*2H,1H2,(H,4,5);1-2H2;/q;;-2;+4/p-2. The van der Waals surface area contributed by atoms with Crippen LogP contribution >= 0.6 is 0 Å². The number of rotatable bonds is 3. The van der Waals surface area contributed by atoms with E-state index in [1.54, 1.807) is 0 Å². The van der Waals surface area contributed by atoms with Crippen LogP contribution in [0, 0.1) is 0 Å². The third kappa shape index (κ3) is 97.0. The summed E-state index contributed by atoms with van der Waals surface area (Å²) in [5.41, 5.74) is 0. The van der Waals surface area contributed by atoms with Crippen LogP contribution in [-0.4, -0.2) is 25.2 Å². The molecule has 0 aromatic heterocycles. The Morgan fingerprint density at radius 2 is 1.07 bits per heavy atom. The van der Waals surface area contributed by atoms with Gasteiger partial charge in [0.25, 0.3) is 0 Å². The van der Waals surface area contributed by atoms with Crippen LogP contribution in [0.3, 0.4) is 0 Å². The fourth-order valence-electron chi connectivity index (χ4n) is 0. The first kappa shape index (κ1) is 23.7. The van der Waals surface area contributed by atoms with Gasteiger partial charge >= 0.3 is 21.7 Å². The van der Waals surface area contributed by atoms with E-state index >= 15 is 0 Å². The Morgan fingerprint density at radius 1 is 0.933 bits per heavy atom. The molecular weight excluding hydrogens is 240 g/mol. The molecule has 7 heteroatoms. The minimum atomic E-state index is -1.23. The molecule has 0 N–H and O–H groups in total. The average molecular weight is 250 g/mol. The molecule has 0 aliphatic heterocycles. The second-order valence-corrected chi connectivity index (χ2v) is 1.45. The van der Waals surface area contributed by atoms with E-state index in [4.69, 9.17) is 30.0 Å². The molecule has 0 aliphatic carbocycles. The van der Waals surface area contributed by atoms with Crippen LogP contribution in [0.4, 0.5) is 0 Å². The van der Waals surface area contributed by atoms with Crippen LogP contribution in [0.25, 0.3) is 0 Å². The van der Waals surface area contributed by atoms with Crippen molar-refractivity contribution in [3.8, 4) is 0 Å². The molecule has 0 atom stereocenters. The summed E-state index contributed by atoms with van der Waals surface area (Å²) in [6.07, 6.45) is 1.44. The summed E-state index contributed by atoms with van der Waals surface area (Å²) >= 11 is 0. The normalized spacial score (nSPS) is 6.27. The van der Waals surface area contributed by atoms with E-state index in [-0.39, 0.29) is 21.7 Å². The Kier molecular flexibility index (Phi) is 36.5. The Balaban J connectivity index is -0.0000000590. The molecule has 0 bridgehead atoms. The van der Waals surface area contributed by atoms with Crippen LogP contribution in [0.5, 0.6) is 0 Å². The number of carbonyl (C=O) groups is 2. The van der Waals surface area contributed by atoms with Gasteiger partial charge in [0, 0.05) is 0 Å². The van der Waals surface area contributed by atoms with Crippen LogP contribution in [0.15, 0.2) is 25.3 Å². The Hall–Kier alpha value is -0.946. The summed E-state index contributed by atoms with van der Waals surface area (Å²) in [6.45, 7) is 4.82. The van der Waals surface area contributed by atoms with E-state index in [0.29, 0.717) is 0 Å². The number of carboxylic acids is 2. The largest absolute Gasteiger partial charge is 4.00 e. The van der Waals surface area contributed by atoms with E-state index < -0.39 is 25.2 Å². The maximum atomic E-state index is 9.14. The minimum absolute atomic E-state index is 0. The van der Waals surface area contributed by atoms with E-state index in [9.17, 15) is 0 Å². The van der Waals surface area contributed by atoms with Gasteiger partial charge in [0.15, 0.2) is 0 Å². The number of hydrogen-bond acceptors (Lipinski definition) is 6. The molecule has 0 spiro atoms. The van der Waals surface area contributed by atoms with Gasteiger partial charge in [-0.2, -0.15) is 13.2 Å². The summed E-state index contributed by atoms with van der Waals surface area (Å²) in [7, 11) is 0. The van der Waals surface area contributed by atoms with Gasteiger partial charge in [0.2, 0.25) is 0 Å². The van der Waals surface area contributed by atoms with Crippen LogP contribution in [0.1, 0.15) is 0 Å². The van der Waals surface area contributed by atoms with Crippen LogP contribution in [0.2, 0.25) is 0 Å².